The number of nitriles is 1. The Morgan fingerprint density at radius 3 is 2.50 bits per heavy atom. The van der Waals surface area contributed by atoms with Gasteiger partial charge in [0.1, 0.15) is 16.8 Å². The number of ether oxygens (including phenoxy) is 1. The molecule has 0 saturated heterocycles. The highest BCUT2D eigenvalue weighted by Gasteiger charge is 2.12. The molecule has 0 atom stereocenters. The summed E-state index contributed by atoms with van der Waals surface area (Å²) in [5.41, 5.74) is 3.73. The minimum Gasteiger partial charge on any atom is -0.493 e. The van der Waals surface area contributed by atoms with Crippen molar-refractivity contribution >= 4 is 23.4 Å². The molecule has 0 amide bonds. The van der Waals surface area contributed by atoms with Gasteiger partial charge >= 0.3 is 0 Å². The van der Waals surface area contributed by atoms with Gasteiger partial charge in [-0.15, -0.1) is 11.8 Å². The number of nitrogens with zero attached hydrogens (tertiary/aromatic N) is 2. The molecule has 3 nitrogen and oxygen atoms in total. The Morgan fingerprint density at radius 1 is 1.18 bits per heavy atom. The minimum absolute atomic E-state index is 0.546. The van der Waals surface area contributed by atoms with Crippen LogP contribution in [0, 0.1) is 32.1 Å². The highest BCUT2D eigenvalue weighted by Crippen LogP contribution is 2.26. The zero-order chi connectivity index (χ0) is 16.1. The number of thioether (sulfide) groups is 1. The average molecular weight is 333 g/mol. The summed E-state index contributed by atoms with van der Waals surface area (Å²) >= 11 is 7.38. The predicted octanol–water partition coefficient (Wildman–Crippen LogP) is 4.70. The summed E-state index contributed by atoms with van der Waals surface area (Å²) in [4.78, 5) is 4.53. The van der Waals surface area contributed by atoms with Crippen LogP contribution in [-0.2, 0) is 0 Å². The molecule has 2 rings (SSSR count). The van der Waals surface area contributed by atoms with Crippen LogP contribution in [0.3, 0.4) is 0 Å². The number of aromatic nitrogens is 1. The Kier molecular flexibility index (Phi) is 5.70. The molecule has 0 bridgehead atoms. The van der Waals surface area contributed by atoms with Crippen LogP contribution in [-0.4, -0.2) is 17.3 Å². The molecule has 0 unspecified atom stereocenters. The van der Waals surface area contributed by atoms with Gasteiger partial charge in [0.2, 0.25) is 0 Å². The molecule has 0 aliphatic carbocycles. The van der Waals surface area contributed by atoms with E-state index in [9.17, 15) is 5.26 Å². The molecule has 0 N–H and O–H groups in total. The first-order valence-corrected chi connectivity index (χ1v) is 8.28. The van der Waals surface area contributed by atoms with E-state index in [-0.39, 0.29) is 0 Å². The topological polar surface area (TPSA) is 45.9 Å². The van der Waals surface area contributed by atoms with Crippen molar-refractivity contribution < 1.29 is 4.74 Å². The van der Waals surface area contributed by atoms with E-state index in [0.717, 1.165) is 33.3 Å². The van der Waals surface area contributed by atoms with Crippen LogP contribution in [0.15, 0.2) is 29.3 Å². The summed E-state index contributed by atoms with van der Waals surface area (Å²) in [7, 11) is 0. The van der Waals surface area contributed by atoms with Gasteiger partial charge in [0.05, 0.1) is 12.2 Å². The summed E-state index contributed by atoms with van der Waals surface area (Å²) in [5, 5.41) is 10.8. The summed E-state index contributed by atoms with van der Waals surface area (Å²) in [6, 6.07) is 9.53. The zero-order valence-corrected chi connectivity index (χ0v) is 14.4. The second kappa shape index (κ2) is 7.53. The molecular formula is C17H17ClN2OS. The first-order valence-electron chi connectivity index (χ1n) is 6.92. The van der Waals surface area contributed by atoms with Gasteiger partial charge in [-0.1, -0.05) is 11.6 Å². The van der Waals surface area contributed by atoms with E-state index in [1.165, 1.54) is 0 Å². The van der Waals surface area contributed by atoms with Crippen molar-refractivity contribution in [1.29, 1.82) is 5.26 Å². The fourth-order valence-corrected chi connectivity index (χ4v) is 3.01. The van der Waals surface area contributed by atoms with Crippen molar-refractivity contribution in [2.45, 2.75) is 25.8 Å². The van der Waals surface area contributed by atoms with E-state index in [0.29, 0.717) is 17.2 Å². The number of benzene rings is 1. The van der Waals surface area contributed by atoms with Gasteiger partial charge in [-0.25, -0.2) is 4.98 Å². The number of aryl methyl sites for hydroxylation is 1. The van der Waals surface area contributed by atoms with E-state index in [4.69, 9.17) is 16.3 Å². The van der Waals surface area contributed by atoms with Crippen LogP contribution < -0.4 is 4.74 Å². The Morgan fingerprint density at radius 2 is 1.86 bits per heavy atom. The van der Waals surface area contributed by atoms with Crippen LogP contribution in [0.25, 0.3) is 0 Å². The van der Waals surface area contributed by atoms with Gasteiger partial charge in [-0.2, -0.15) is 5.26 Å². The van der Waals surface area contributed by atoms with Gasteiger partial charge < -0.3 is 4.74 Å². The molecule has 22 heavy (non-hydrogen) atoms. The highest BCUT2D eigenvalue weighted by molar-refractivity contribution is 7.99. The molecule has 1 heterocycles. The molecule has 0 radical (unpaired) electrons. The lowest BCUT2D eigenvalue weighted by Crippen LogP contribution is -2.03. The average Bonchev–Trinajstić information content (AvgIpc) is 2.51. The third-order valence-electron chi connectivity index (χ3n) is 3.48. The summed E-state index contributed by atoms with van der Waals surface area (Å²) in [6.45, 7) is 6.48. The molecule has 0 aliphatic rings. The molecule has 1 aromatic heterocycles. The largest absolute Gasteiger partial charge is 0.493 e. The van der Waals surface area contributed by atoms with Crippen LogP contribution in [0.5, 0.6) is 5.75 Å². The smallest absolute Gasteiger partial charge is 0.119 e. The Balaban J connectivity index is 1.97. The van der Waals surface area contributed by atoms with Crippen LogP contribution in [0.1, 0.15) is 22.4 Å². The van der Waals surface area contributed by atoms with Crippen molar-refractivity contribution in [1.82, 2.24) is 4.98 Å². The first-order chi connectivity index (χ1) is 10.5. The molecular weight excluding hydrogens is 316 g/mol. The van der Waals surface area contributed by atoms with Gasteiger partial charge in [-0.3, -0.25) is 0 Å². The lowest BCUT2D eigenvalue weighted by atomic mass is 10.1. The van der Waals surface area contributed by atoms with Gasteiger partial charge in [0.25, 0.3) is 0 Å². The molecule has 0 fully saturated rings. The molecule has 114 valence electrons. The van der Waals surface area contributed by atoms with E-state index in [2.05, 4.69) is 11.1 Å². The molecule has 2 aromatic rings. The number of hydrogen-bond donors (Lipinski definition) is 0. The molecule has 0 spiro atoms. The van der Waals surface area contributed by atoms with Gasteiger partial charge in [0.15, 0.2) is 0 Å². The number of halogens is 1. The fraction of sp³-hybridized carbons (Fsp3) is 0.294. The third kappa shape index (κ3) is 3.94. The van der Waals surface area contributed by atoms with Crippen LogP contribution in [0.2, 0.25) is 5.02 Å². The predicted molar refractivity (Wildman–Crippen MR) is 90.8 cm³/mol. The standard InChI is InChI=1S/C17H17ClN2OS/c1-11-12(2)16(10-19)17(20-13(11)3)22-9-8-21-15-6-4-14(18)5-7-15/h4-7H,8-9H2,1-3H3. The Hall–Kier alpha value is -1.70. The number of rotatable bonds is 5. The molecule has 1 aromatic carbocycles. The highest BCUT2D eigenvalue weighted by atomic mass is 35.5. The van der Waals surface area contributed by atoms with Crippen molar-refractivity contribution in [3.05, 3.63) is 51.7 Å². The zero-order valence-electron chi connectivity index (χ0n) is 12.8. The molecule has 0 saturated carbocycles. The lowest BCUT2D eigenvalue weighted by molar-refractivity contribution is 0.344. The summed E-state index contributed by atoms with van der Waals surface area (Å²) in [6.07, 6.45) is 0. The quantitative estimate of drug-likeness (QED) is 0.588. The normalized spacial score (nSPS) is 10.3. The molecule has 5 heteroatoms. The number of pyridine rings is 1. The first kappa shape index (κ1) is 16.7. The maximum Gasteiger partial charge on any atom is 0.119 e. The SMILES string of the molecule is Cc1nc(SCCOc2ccc(Cl)cc2)c(C#N)c(C)c1C. The third-order valence-corrected chi connectivity index (χ3v) is 4.67. The van der Waals surface area contributed by atoms with Crippen molar-refractivity contribution in [3.63, 3.8) is 0 Å². The van der Waals surface area contributed by atoms with Gasteiger partial charge in [0, 0.05) is 16.5 Å². The van der Waals surface area contributed by atoms with Crippen LogP contribution >= 0.6 is 23.4 Å². The lowest BCUT2D eigenvalue weighted by Gasteiger charge is -2.11. The second-order valence-corrected chi connectivity index (χ2v) is 6.41. The molecule has 0 aliphatic heterocycles. The van der Waals surface area contributed by atoms with Crippen molar-refractivity contribution in [3.8, 4) is 11.8 Å². The van der Waals surface area contributed by atoms with E-state index in [1.807, 2.05) is 32.9 Å². The van der Waals surface area contributed by atoms with Crippen molar-refractivity contribution in [2.24, 2.45) is 0 Å². The summed E-state index contributed by atoms with van der Waals surface area (Å²) < 4.78 is 5.65. The van der Waals surface area contributed by atoms with Gasteiger partial charge in [-0.05, 0) is 56.2 Å². The monoisotopic (exact) mass is 332 g/mol. The number of hydrogen-bond acceptors (Lipinski definition) is 4. The Labute approximate surface area is 140 Å². The maximum absolute atomic E-state index is 9.33. The summed E-state index contributed by atoms with van der Waals surface area (Å²) in [5.74, 6) is 1.52. The van der Waals surface area contributed by atoms with Crippen LogP contribution in [0.4, 0.5) is 0 Å². The van der Waals surface area contributed by atoms with Crippen molar-refractivity contribution in [2.75, 3.05) is 12.4 Å². The fourth-order valence-electron chi connectivity index (χ4n) is 1.98. The van der Waals surface area contributed by atoms with E-state index < -0.39 is 0 Å². The second-order valence-electron chi connectivity index (χ2n) is 4.89. The minimum atomic E-state index is 0.546. The van der Waals surface area contributed by atoms with E-state index >= 15 is 0 Å². The van der Waals surface area contributed by atoms with E-state index in [1.54, 1.807) is 23.9 Å². The Bertz CT molecular complexity index is 708. The maximum atomic E-state index is 9.33.